The zero-order valence-corrected chi connectivity index (χ0v) is 17.3. The first-order valence-corrected chi connectivity index (χ1v) is 10.2. The molecule has 1 fully saturated rings. The van der Waals surface area contributed by atoms with E-state index < -0.39 is 11.7 Å². The highest BCUT2D eigenvalue weighted by molar-refractivity contribution is 5.73. The van der Waals surface area contributed by atoms with E-state index in [4.69, 9.17) is 4.74 Å². The maximum atomic E-state index is 13.1. The Kier molecular flexibility index (Phi) is 5.60. The predicted molar refractivity (Wildman–Crippen MR) is 107 cm³/mol. The lowest BCUT2D eigenvalue weighted by Gasteiger charge is -2.20. The Balaban J connectivity index is 1.51. The predicted octanol–water partition coefficient (Wildman–Crippen LogP) is 4.58. The van der Waals surface area contributed by atoms with Gasteiger partial charge in [-0.1, -0.05) is 6.07 Å². The monoisotopic (exact) mass is 432 g/mol. The van der Waals surface area contributed by atoms with E-state index in [1.54, 1.807) is 26.1 Å². The molecule has 0 spiro atoms. The van der Waals surface area contributed by atoms with Crippen molar-refractivity contribution >= 4 is 5.97 Å². The molecule has 0 saturated heterocycles. The Morgan fingerprint density at radius 2 is 2.03 bits per heavy atom. The molecule has 1 aliphatic carbocycles. The number of carbonyl (C=O) groups is 1. The highest BCUT2D eigenvalue weighted by atomic mass is 19.4. The van der Waals surface area contributed by atoms with Crippen molar-refractivity contribution in [1.82, 2.24) is 19.6 Å². The second-order valence-electron chi connectivity index (χ2n) is 7.80. The third-order valence-corrected chi connectivity index (χ3v) is 5.75. The molecule has 1 aromatic carbocycles. The minimum atomic E-state index is -4.44. The lowest BCUT2D eigenvalue weighted by molar-refractivity contribution is -0.149. The van der Waals surface area contributed by atoms with Gasteiger partial charge in [0.05, 0.1) is 29.4 Å². The molecule has 1 saturated carbocycles. The van der Waals surface area contributed by atoms with Crippen molar-refractivity contribution in [2.24, 2.45) is 0 Å². The highest BCUT2D eigenvalue weighted by Gasteiger charge is 2.33. The number of benzene rings is 1. The molecule has 2 heterocycles. The van der Waals surface area contributed by atoms with Gasteiger partial charge in [0.1, 0.15) is 6.10 Å². The van der Waals surface area contributed by atoms with Crippen LogP contribution in [0.15, 0.2) is 42.7 Å². The molecule has 9 heteroatoms. The Hall–Kier alpha value is -3.10. The van der Waals surface area contributed by atoms with E-state index in [0.29, 0.717) is 22.6 Å². The molecule has 0 amide bonds. The number of aromatic nitrogens is 4. The Labute approximate surface area is 177 Å². The van der Waals surface area contributed by atoms with Gasteiger partial charge in [-0.25, -0.2) is 4.68 Å². The van der Waals surface area contributed by atoms with Crippen LogP contribution in [0, 0.1) is 13.8 Å². The summed E-state index contributed by atoms with van der Waals surface area (Å²) in [6, 6.07) is 6.84. The van der Waals surface area contributed by atoms with Crippen LogP contribution in [0.5, 0.6) is 0 Å². The van der Waals surface area contributed by atoms with Crippen LogP contribution in [-0.4, -0.2) is 31.6 Å². The maximum Gasteiger partial charge on any atom is 0.416 e. The summed E-state index contributed by atoms with van der Waals surface area (Å²) in [5.74, 6) is -0.376. The molecular weight excluding hydrogens is 409 g/mol. The van der Waals surface area contributed by atoms with Crippen molar-refractivity contribution in [3.63, 3.8) is 0 Å². The molecule has 1 aliphatic rings. The van der Waals surface area contributed by atoms with Crippen molar-refractivity contribution in [1.29, 1.82) is 0 Å². The first kappa shape index (κ1) is 21.1. The van der Waals surface area contributed by atoms with Gasteiger partial charge in [-0.15, -0.1) is 0 Å². The van der Waals surface area contributed by atoms with E-state index in [-0.39, 0.29) is 24.5 Å². The Morgan fingerprint density at radius 1 is 1.23 bits per heavy atom. The van der Waals surface area contributed by atoms with Crippen LogP contribution in [0.1, 0.15) is 47.8 Å². The van der Waals surface area contributed by atoms with Gasteiger partial charge in [-0.2, -0.15) is 23.4 Å². The molecule has 0 aliphatic heterocycles. The average molecular weight is 432 g/mol. The van der Waals surface area contributed by atoms with Crippen LogP contribution < -0.4 is 0 Å². The summed E-state index contributed by atoms with van der Waals surface area (Å²) in [5.41, 5.74) is 1.41. The summed E-state index contributed by atoms with van der Waals surface area (Å²) in [6.45, 7) is 3.48. The van der Waals surface area contributed by atoms with Crippen molar-refractivity contribution in [2.75, 3.05) is 0 Å². The summed E-state index contributed by atoms with van der Waals surface area (Å²) in [4.78, 5) is 12.7. The minimum Gasteiger partial charge on any atom is -0.460 e. The second kappa shape index (κ2) is 8.20. The van der Waals surface area contributed by atoms with Gasteiger partial charge < -0.3 is 4.74 Å². The van der Waals surface area contributed by atoms with Crippen LogP contribution in [0.4, 0.5) is 13.2 Å². The van der Waals surface area contributed by atoms with E-state index in [9.17, 15) is 18.0 Å². The Bertz CT molecular complexity index is 1070. The van der Waals surface area contributed by atoms with E-state index in [2.05, 4.69) is 10.2 Å². The topological polar surface area (TPSA) is 61.9 Å². The van der Waals surface area contributed by atoms with Crippen LogP contribution >= 0.6 is 0 Å². The molecule has 0 bridgehead atoms. The molecule has 2 atom stereocenters. The van der Waals surface area contributed by atoms with E-state index in [1.165, 1.54) is 10.7 Å². The van der Waals surface area contributed by atoms with Crippen molar-refractivity contribution in [2.45, 2.75) is 57.9 Å². The zero-order chi connectivity index (χ0) is 22.2. The SMILES string of the molecule is Cc1nn(-c2cccc(C(F)(F)F)c2)c(C)c1CC(=O)O[C@@H]1CCC[C@H]1n1cccn1. The highest BCUT2D eigenvalue weighted by Crippen LogP contribution is 2.33. The lowest BCUT2D eigenvalue weighted by Crippen LogP contribution is -2.26. The maximum absolute atomic E-state index is 13.1. The van der Waals surface area contributed by atoms with Crippen LogP contribution in [0.25, 0.3) is 5.69 Å². The minimum absolute atomic E-state index is 0.0129. The number of esters is 1. The largest absolute Gasteiger partial charge is 0.460 e. The van der Waals surface area contributed by atoms with E-state index >= 15 is 0 Å². The molecule has 31 heavy (non-hydrogen) atoms. The van der Waals surface area contributed by atoms with Crippen LogP contribution in [0.3, 0.4) is 0 Å². The first-order valence-electron chi connectivity index (χ1n) is 10.2. The number of alkyl halides is 3. The molecule has 3 aromatic rings. The average Bonchev–Trinajstić information content (AvgIpc) is 3.45. The molecule has 0 radical (unpaired) electrons. The van der Waals surface area contributed by atoms with Gasteiger partial charge >= 0.3 is 12.1 Å². The third kappa shape index (κ3) is 4.35. The quantitative estimate of drug-likeness (QED) is 0.554. The number of aryl methyl sites for hydroxylation is 1. The third-order valence-electron chi connectivity index (χ3n) is 5.75. The molecule has 0 N–H and O–H groups in total. The van der Waals surface area contributed by atoms with Gasteiger partial charge in [0.25, 0.3) is 0 Å². The summed E-state index contributed by atoms with van der Waals surface area (Å²) in [7, 11) is 0. The molecular formula is C22H23F3N4O2. The summed E-state index contributed by atoms with van der Waals surface area (Å²) < 4.78 is 48.2. The molecule has 164 valence electrons. The zero-order valence-electron chi connectivity index (χ0n) is 17.3. The van der Waals surface area contributed by atoms with Gasteiger partial charge in [0, 0.05) is 23.7 Å². The molecule has 6 nitrogen and oxygen atoms in total. The van der Waals surface area contributed by atoms with Gasteiger partial charge in [0.2, 0.25) is 0 Å². The van der Waals surface area contributed by atoms with E-state index in [0.717, 1.165) is 31.4 Å². The number of hydrogen-bond donors (Lipinski definition) is 0. The summed E-state index contributed by atoms with van der Waals surface area (Å²) >= 11 is 0. The van der Waals surface area contributed by atoms with Gasteiger partial charge in [-0.3, -0.25) is 9.48 Å². The van der Waals surface area contributed by atoms with Gasteiger partial charge in [-0.05, 0) is 57.4 Å². The fraction of sp³-hybridized carbons (Fsp3) is 0.409. The summed E-state index contributed by atoms with van der Waals surface area (Å²) in [6.07, 6.45) is 1.52. The standard InChI is InChI=1S/C22H23F3N4O2/c1-14-18(13-21(30)31-20-9-4-8-19(20)28-11-5-10-26-28)15(2)29(27-14)17-7-3-6-16(12-17)22(23,24)25/h3,5-7,10-12,19-20H,4,8-9,13H2,1-2H3/t19-,20-/m1/s1. The second-order valence-corrected chi connectivity index (χ2v) is 7.80. The van der Waals surface area contributed by atoms with Crippen LogP contribution in [0.2, 0.25) is 0 Å². The van der Waals surface area contributed by atoms with Gasteiger partial charge in [0.15, 0.2) is 0 Å². The number of ether oxygens (including phenoxy) is 1. The van der Waals surface area contributed by atoms with Crippen LogP contribution in [-0.2, 0) is 22.1 Å². The number of carbonyl (C=O) groups excluding carboxylic acids is 1. The molecule has 0 unspecified atom stereocenters. The number of halogens is 3. The number of nitrogens with zero attached hydrogens (tertiary/aromatic N) is 4. The summed E-state index contributed by atoms with van der Waals surface area (Å²) in [5, 5.41) is 8.63. The number of rotatable bonds is 5. The van der Waals surface area contributed by atoms with Crippen molar-refractivity contribution in [3.8, 4) is 5.69 Å². The normalized spacial score (nSPS) is 19.0. The molecule has 2 aromatic heterocycles. The number of hydrogen-bond acceptors (Lipinski definition) is 4. The first-order chi connectivity index (χ1) is 14.7. The van der Waals surface area contributed by atoms with Crippen molar-refractivity contribution in [3.05, 3.63) is 65.2 Å². The smallest absolute Gasteiger partial charge is 0.416 e. The fourth-order valence-corrected chi connectivity index (χ4v) is 4.17. The Morgan fingerprint density at radius 3 is 2.74 bits per heavy atom. The fourth-order valence-electron chi connectivity index (χ4n) is 4.17. The van der Waals surface area contributed by atoms with E-state index in [1.807, 2.05) is 16.9 Å². The van der Waals surface area contributed by atoms with Crippen molar-refractivity contribution < 1.29 is 22.7 Å². The molecule has 4 rings (SSSR count). The lowest BCUT2D eigenvalue weighted by atomic mass is 10.1.